The first-order valence-corrected chi connectivity index (χ1v) is 11.1. The Kier molecular flexibility index (Phi) is 14.5. The summed E-state index contributed by atoms with van der Waals surface area (Å²) in [5.74, 6) is -2.20. The van der Waals surface area contributed by atoms with Gasteiger partial charge in [0.25, 0.3) is 0 Å². The van der Waals surface area contributed by atoms with Crippen LogP contribution in [0.5, 0.6) is 0 Å². The van der Waals surface area contributed by atoms with Crippen LogP contribution in [0.4, 0.5) is 0 Å². The minimum absolute atomic E-state index is 0.191. The maximum Gasteiger partial charge on any atom is 0.323 e. The summed E-state index contributed by atoms with van der Waals surface area (Å²) < 4.78 is 20.6. The first-order chi connectivity index (χ1) is 14.8. The highest BCUT2D eigenvalue weighted by Crippen LogP contribution is 2.05. The number of esters is 4. The molecule has 0 aromatic carbocycles. The molecule has 0 aromatic rings. The van der Waals surface area contributed by atoms with Gasteiger partial charge in [0, 0.05) is 13.1 Å². The van der Waals surface area contributed by atoms with E-state index < -0.39 is 36.0 Å². The molecule has 2 atom stereocenters. The zero-order valence-corrected chi connectivity index (χ0v) is 20.6. The fraction of sp³-hybridized carbons (Fsp3) is 0.818. The van der Waals surface area contributed by atoms with Gasteiger partial charge in [-0.05, 0) is 55.4 Å². The Bertz CT molecular complexity index is 553. The van der Waals surface area contributed by atoms with Gasteiger partial charge in [0.05, 0.1) is 37.3 Å². The lowest BCUT2D eigenvalue weighted by molar-refractivity contribution is -0.157. The number of nitrogens with one attached hydrogen (secondary N) is 2. The maximum atomic E-state index is 12.3. The van der Waals surface area contributed by atoms with Gasteiger partial charge in [-0.2, -0.15) is 0 Å². The van der Waals surface area contributed by atoms with Crippen molar-refractivity contribution in [2.24, 2.45) is 0 Å². The largest absolute Gasteiger partial charge is 0.463 e. The van der Waals surface area contributed by atoms with Crippen molar-refractivity contribution in [3.05, 3.63) is 0 Å². The average molecular weight is 461 g/mol. The molecule has 186 valence electrons. The van der Waals surface area contributed by atoms with Gasteiger partial charge in [-0.3, -0.25) is 19.2 Å². The first-order valence-electron chi connectivity index (χ1n) is 11.1. The van der Waals surface area contributed by atoms with Crippen LogP contribution in [-0.2, 0) is 38.1 Å². The molecule has 10 nitrogen and oxygen atoms in total. The fourth-order valence-corrected chi connectivity index (χ4v) is 2.55. The highest BCUT2D eigenvalue weighted by Gasteiger charge is 2.27. The van der Waals surface area contributed by atoms with Gasteiger partial charge in [-0.1, -0.05) is 0 Å². The van der Waals surface area contributed by atoms with E-state index >= 15 is 0 Å². The van der Waals surface area contributed by atoms with E-state index in [0.717, 1.165) is 0 Å². The summed E-state index contributed by atoms with van der Waals surface area (Å²) in [6.45, 7) is 14.2. The highest BCUT2D eigenvalue weighted by atomic mass is 16.6. The number of hydrogen-bond acceptors (Lipinski definition) is 10. The van der Waals surface area contributed by atoms with E-state index in [0.29, 0.717) is 0 Å². The summed E-state index contributed by atoms with van der Waals surface area (Å²) in [5.41, 5.74) is 0. The summed E-state index contributed by atoms with van der Waals surface area (Å²) in [6, 6.07) is -1.81. The predicted molar refractivity (Wildman–Crippen MR) is 118 cm³/mol. The van der Waals surface area contributed by atoms with Crippen LogP contribution in [0.2, 0.25) is 0 Å². The molecule has 0 saturated heterocycles. The lowest BCUT2D eigenvalue weighted by atomic mass is 10.2. The van der Waals surface area contributed by atoms with Crippen molar-refractivity contribution in [1.82, 2.24) is 10.6 Å². The van der Waals surface area contributed by atoms with E-state index in [2.05, 4.69) is 10.6 Å². The topological polar surface area (TPSA) is 129 Å². The molecule has 0 spiro atoms. The average Bonchev–Trinajstić information content (AvgIpc) is 2.60. The number of carbonyl (C=O) groups is 4. The van der Waals surface area contributed by atoms with Crippen LogP contribution in [0, 0.1) is 0 Å². The molecular weight excluding hydrogens is 420 g/mol. The summed E-state index contributed by atoms with van der Waals surface area (Å²) in [6.07, 6.45) is -1.66. The second kappa shape index (κ2) is 15.6. The zero-order chi connectivity index (χ0) is 24.8. The highest BCUT2D eigenvalue weighted by molar-refractivity contribution is 5.83. The second-order valence-electron chi connectivity index (χ2n) is 8.47. The molecule has 2 N–H and O–H groups in total. The molecule has 0 radical (unpaired) electrons. The Hall–Kier alpha value is -2.20. The van der Waals surface area contributed by atoms with E-state index in [9.17, 15) is 19.2 Å². The quantitative estimate of drug-likeness (QED) is 0.211. The van der Waals surface area contributed by atoms with Crippen LogP contribution in [0.15, 0.2) is 0 Å². The molecule has 0 amide bonds. The van der Waals surface area contributed by atoms with Gasteiger partial charge >= 0.3 is 23.9 Å². The van der Waals surface area contributed by atoms with Gasteiger partial charge in [0.2, 0.25) is 0 Å². The van der Waals surface area contributed by atoms with Crippen molar-refractivity contribution in [2.75, 3.05) is 13.1 Å². The second-order valence-corrected chi connectivity index (χ2v) is 8.47. The van der Waals surface area contributed by atoms with Crippen LogP contribution >= 0.6 is 0 Å². The van der Waals surface area contributed by atoms with E-state index in [1.54, 1.807) is 55.4 Å². The van der Waals surface area contributed by atoms with Crippen molar-refractivity contribution in [1.29, 1.82) is 0 Å². The Morgan fingerprint density at radius 1 is 0.531 bits per heavy atom. The zero-order valence-electron chi connectivity index (χ0n) is 20.6. The number of ether oxygens (including phenoxy) is 4. The molecule has 0 aromatic heterocycles. The number of carbonyl (C=O) groups excluding carboxylic acids is 4. The minimum Gasteiger partial charge on any atom is -0.463 e. The van der Waals surface area contributed by atoms with Crippen LogP contribution in [0.1, 0.15) is 68.2 Å². The van der Waals surface area contributed by atoms with E-state index in [4.69, 9.17) is 18.9 Å². The van der Waals surface area contributed by atoms with Crippen LogP contribution < -0.4 is 10.6 Å². The molecule has 0 bridgehead atoms. The summed E-state index contributed by atoms with van der Waals surface area (Å²) in [5, 5.41) is 5.89. The van der Waals surface area contributed by atoms with E-state index in [1.807, 2.05) is 0 Å². The number of hydrogen-bond donors (Lipinski definition) is 2. The van der Waals surface area contributed by atoms with E-state index in [1.165, 1.54) is 0 Å². The summed E-state index contributed by atoms with van der Waals surface area (Å²) >= 11 is 0. The molecular formula is C22H40N2O8. The smallest absolute Gasteiger partial charge is 0.323 e. The molecule has 0 aliphatic rings. The molecule has 0 aliphatic heterocycles. The molecule has 0 rings (SSSR count). The SMILES string of the molecule is CC(C)OC(=O)C[C@H](NCCN[C@@H](CC(=O)OC(C)C)C(=O)OC(C)C)C(=O)OC(C)C. The Labute approximate surface area is 191 Å². The van der Waals surface area contributed by atoms with Gasteiger partial charge in [-0.15, -0.1) is 0 Å². The monoisotopic (exact) mass is 460 g/mol. The summed E-state index contributed by atoms with van der Waals surface area (Å²) in [4.78, 5) is 48.7. The predicted octanol–water partition coefficient (Wildman–Crippen LogP) is 1.49. The third-order valence-electron chi connectivity index (χ3n) is 3.66. The lowest BCUT2D eigenvalue weighted by Gasteiger charge is -2.21. The van der Waals surface area contributed by atoms with E-state index in [-0.39, 0.29) is 50.3 Å². The van der Waals surface area contributed by atoms with Crippen molar-refractivity contribution < 1.29 is 38.1 Å². The molecule has 0 unspecified atom stereocenters. The van der Waals surface area contributed by atoms with Crippen molar-refractivity contribution in [3.8, 4) is 0 Å². The van der Waals surface area contributed by atoms with Crippen LogP contribution in [0.3, 0.4) is 0 Å². The molecule has 0 aliphatic carbocycles. The molecule has 0 heterocycles. The van der Waals surface area contributed by atoms with Crippen molar-refractivity contribution in [3.63, 3.8) is 0 Å². The first kappa shape index (κ1) is 29.8. The Balaban J connectivity index is 4.94. The third-order valence-corrected chi connectivity index (χ3v) is 3.66. The normalized spacial score (nSPS) is 13.2. The van der Waals surface area contributed by atoms with Crippen LogP contribution in [0.25, 0.3) is 0 Å². The van der Waals surface area contributed by atoms with Gasteiger partial charge in [0.1, 0.15) is 12.1 Å². The number of rotatable bonds is 15. The van der Waals surface area contributed by atoms with Gasteiger partial charge < -0.3 is 29.6 Å². The Morgan fingerprint density at radius 2 is 0.812 bits per heavy atom. The molecule has 32 heavy (non-hydrogen) atoms. The fourth-order valence-electron chi connectivity index (χ4n) is 2.55. The molecule has 0 fully saturated rings. The minimum atomic E-state index is -0.905. The Morgan fingerprint density at radius 3 is 1.06 bits per heavy atom. The maximum absolute atomic E-state index is 12.3. The van der Waals surface area contributed by atoms with Gasteiger partial charge in [0.15, 0.2) is 0 Å². The lowest BCUT2D eigenvalue weighted by Crippen LogP contribution is -2.47. The summed E-state index contributed by atoms with van der Waals surface area (Å²) in [7, 11) is 0. The van der Waals surface area contributed by atoms with Crippen LogP contribution in [-0.4, -0.2) is 73.5 Å². The molecule has 10 heteroatoms. The van der Waals surface area contributed by atoms with Gasteiger partial charge in [-0.25, -0.2) is 0 Å². The van der Waals surface area contributed by atoms with Crippen molar-refractivity contribution in [2.45, 2.75) is 105 Å². The van der Waals surface area contributed by atoms with Crippen molar-refractivity contribution >= 4 is 23.9 Å². The standard InChI is InChI=1S/C22H40N2O8/c1-13(2)29-19(25)11-17(21(27)31-15(5)6)23-9-10-24-18(22(28)32-16(7)8)12-20(26)30-14(3)4/h13-18,23-24H,9-12H2,1-8H3/t17-,18-/m0/s1. The molecule has 0 saturated carbocycles. The third kappa shape index (κ3) is 14.7.